The number of amides is 1. The van der Waals surface area contributed by atoms with Crippen LogP contribution < -0.4 is 14.8 Å². The lowest BCUT2D eigenvalue weighted by atomic mass is 9.98. The first-order valence-corrected chi connectivity index (χ1v) is 8.05. The quantitative estimate of drug-likeness (QED) is 0.896. The normalized spacial score (nSPS) is 20.8. The summed E-state index contributed by atoms with van der Waals surface area (Å²) in [6.45, 7) is 3.65. The molecule has 2 aliphatic rings. The fourth-order valence-electron chi connectivity index (χ4n) is 3.17. The monoisotopic (exact) mass is 320 g/mol. The van der Waals surface area contributed by atoms with Crippen LogP contribution in [-0.2, 0) is 22.5 Å². The van der Waals surface area contributed by atoms with Crippen LogP contribution in [-0.4, -0.2) is 57.4 Å². The Bertz CT molecular complexity index is 570. The molecule has 2 heterocycles. The van der Waals surface area contributed by atoms with Crippen LogP contribution in [0.3, 0.4) is 0 Å². The average molecular weight is 320 g/mol. The molecule has 3 rings (SSSR count). The molecular weight excluding hydrogens is 296 g/mol. The van der Waals surface area contributed by atoms with Gasteiger partial charge in [0.15, 0.2) is 11.5 Å². The van der Waals surface area contributed by atoms with Crippen molar-refractivity contribution in [2.24, 2.45) is 0 Å². The van der Waals surface area contributed by atoms with Gasteiger partial charge in [-0.1, -0.05) is 0 Å². The third kappa shape index (κ3) is 3.59. The highest BCUT2D eigenvalue weighted by molar-refractivity contribution is 5.77. The highest BCUT2D eigenvalue weighted by Gasteiger charge is 2.25. The predicted octanol–water partition coefficient (Wildman–Crippen LogP) is 0.967. The van der Waals surface area contributed by atoms with Gasteiger partial charge < -0.3 is 24.4 Å². The summed E-state index contributed by atoms with van der Waals surface area (Å²) in [5.41, 5.74) is 2.35. The van der Waals surface area contributed by atoms with Crippen molar-refractivity contribution in [2.45, 2.75) is 25.5 Å². The minimum atomic E-state index is -0.0111. The highest BCUT2D eigenvalue weighted by atomic mass is 16.5. The first-order chi connectivity index (χ1) is 11.2. The molecule has 6 nitrogen and oxygen atoms in total. The van der Waals surface area contributed by atoms with Gasteiger partial charge in [-0.2, -0.15) is 0 Å². The van der Waals surface area contributed by atoms with E-state index < -0.39 is 0 Å². The molecule has 6 heteroatoms. The van der Waals surface area contributed by atoms with E-state index in [0.29, 0.717) is 25.3 Å². The molecule has 0 aromatic heterocycles. The second-order valence-electron chi connectivity index (χ2n) is 5.94. The summed E-state index contributed by atoms with van der Waals surface area (Å²) in [4.78, 5) is 14.4. The second-order valence-corrected chi connectivity index (χ2v) is 5.94. The maximum absolute atomic E-state index is 12.5. The van der Waals surface area contributed by atoms with Gasteiger partial charge >= 0.3 is 0 Å². The lowest BCUT2D eigenvalue weighted by Gasteiger charge is -2.31. The highest BCUT2D eigenvalue weighted by Crippen LogP contribution is 2.33. The Kier molecular flexibility index (Phi) is 5.03. The van der Waals surface area contributed by atoms with Crippen molar-refractivity contribution in [3.05, 3.63) is 23.3 Å². The summed E-state index contributed by atoms with van der Waals surface area (Å²) >= 11 is 0. The smallest absolute Gasteiger partial charge is 0.225 e. The van der Waals surface area contributed by atoms with Gasteiger partial charge in [-0.15, -0.1) is 0 Å². The van der Waals surface area contributed by atoms with Crippen LogP contribution >= 0.6 is 0 Å². The number of hydrogen-bond donors (Lipinski definition) is 1. The number of methoxy groups -OCH3 is 2. The zero-order valence-electron chi connectivity index (χ0n) is 13.8. The SMILES string of the molecule is COc1cc2c(cc1OC)CN(C(=O)CC1CNCCO1)CC2. The molecule has 0 saturated carbocycles. The molecule has 0 spiro atoms. The van der Waals surface area contributed by atoms with Crippen LogP contribution in [0.4, 0.5) is 0 Å². The summed E-state index contributed by atoms with van der Waals surface area (Å²) in [6, 6.07) is 4.00. The van der Waals surface area contributed by atoms with Gasteiger partial charge in [0.05, 0.1) is 33.4 Å². The molecule has 1 aromatic rings. The number of rotatable bonds is 4. The fourth-order valence-corrected chi connectivity index (χ4v) is 3.17. The van der Waals surface area contributed by atoms with Gasteiger partial charge in [0, 0.05) is 26.2 Å². The van der Waals surface area contributed by atoms with Crippen molar-refractivity contribution < 1.29 is 19.0 Å². The van der Waals surface area contributed by atoms with E-state index in [2.05, 4.69) is 5.32 Å². The summed E-state index contributed by atoms with van der Waals surface area (Å²) in [5.74, 6) is 1.60. The van der Waals surface area contributed by atoms with Crippen molar-refractivity contribution in [1.82, 2.24) is 10.2 Å². The molecule has 2 aliphatic heterocycles. The molecule has 126 valence electrons. The molecule has 1 atom stereocenters. The number of carbonyl (C=O) groups is 1. The van der Waals surface area contributed by atoms with Gasteiger partial charge in [-0.25, -0.2) is 0 Å². The first kappa shape index (κ1) is 16.1. The van der Waals surface area contributed by atoms with E-state index in [-0.39, 0.29) is 12.0 Å². The Hall–Kier alpha value is -1.79. The van der Waals surface area contributed by atoms with Gasteiger partial charge in [0.1, 0.15) is 0 Å². The zero-order valence-corrected chi connectivity index (χ0v) is 13.8. The van der Waals surface area contributed by atoms with Crippen LogP contribution in [0, 0.1) is 0 Å². The number of ether oxygens (including phenoxy) is 3. The van der Waals surface area contributed by atoms with E-state index >= 15 is 0 Å². The van der Waals surface area contributed by atoms with Gasteiger partial charge in [-0.3, -0.25) is 4.79 Å². The van der Waals surface area contributed by atoms with Crippen molar-refractivity contribution in [1.29, 1.82) is 0 Å². The molecule has 1 aromatic carbocycles. The standard InChI is InChI=1S/C17H24N2O4/c1-21-15-7-12-3-5-19(11-13(12)8-16(15)22-2)17(20)9-14-10-18-4-6-23-14/h7-8,14,18H,3-6,9-11H2,1-2H3. The summed E-state index contributed by atoms with van der Waals surface area (Å²) in [6.07, 6.45) is 1.27. The van der Waals surface area contributed by atoms with E-state index in [4.69, 9.17) is 14.2 Å². The van der Waals surface area contributed by atoms with E-state index in [1.165, 1.54) is 5.56 Å². The second kappa shape index (κ2) is 7.19. The maximum atomic E-state index is 12.5. The Labute approximate surface area is 136 Å². The Morgan fingerprint density at radius 1 is 1.30 bits per heavy atom. The third-order valence-corrected chi connectivity index (χ3v) is 4.48. The number of carbonyl (C=O) groups excluding carboxylic acids is 1. The molecule has 1 amide bonds. The zero-order chi connectivity index (χ0) is 16.2. The summed E-state index contributed by atoms with van der Waals surface area (Å²) in [5, 5.41) is 3.26. The Morgan fingerprint density at radius 2 is 2.04 bits per heavy atom. The lowest BCUT2D eigenvalue weighted by Crippen LogP contribution is -2.43. The molecule has 0 radical (unpaired) electrons. The van der Waals surface area contributed by atoms with Gasteiger partial charge in [0.25, 0.3) is 0 Å². The third-order valence-electron chi connectivity index (χ3n) is 4.48. The topological polar surface area (TPSA) is 60.0 Å². The number of fused-ring (bicyclic) bond motifs is 1. The molecule has 23 heavy (non-hydrogen) atoms. The number of hydrogen-bond acceptors (Lipinski definition) is 5. The van der Waals surface area contributed by atoms with Crippen molar-refractivity contribution in [3.63, 3.8) is 0 Å². The first-order valence-electron chi connectivity index (χ1n) is 8.05. The van der Waals surface area contributed by atoms with Crippen LogP contribution in [0.15, 0.2) is 12.1 Å². The average Bonchev–Trinajstić information content (AvgIpc) is 2.60. The summed E-state index contributed by atoms with van der Waals surface area (Å²) in [7, 11) is 3.27. The minimum absolute atomic E-state index is 0.0111. The minimum Gasteiger partial charge on any atom is -0.493 e. The van der Waals surface area contributed by atoms with Crippen molar-refractivity contribution >= 4 is 5.91 Å². The van der Waals surface area contributed by atoms with E-state index in [1.807, 2.05) is 17.0 Å². The Morgan fingerprint density at radius 3 is 2.70 bits per heavy atom. The molecular formula is C17H24N2O4. The predicted molar refractivity (Wildman–Crippen MR) is 85.9 cm³/mol. The number of nitrogens with one attached hydrogen (secondary N) is 1. The van der Waals surface area contributed by atoms with Crippen LogP contribution in [0.2, 0.25) is 0 Å². The van der Waals surface area contributed by atoms with Gasteiger partial charge in [-0.05, 0) is 29.7 Å². The maximum Gasteiger partial charge on any atom is 0.225 e. The molecule has 1 saturated heterocycles. The Balaban J connectivity index is 1.68. The van der Waals surface area contributed by atoms with E-state index in [9.17, 15) is 4.79 Å². The van der Waals surface area contributed by atoms with Crippen molar-refractivity contribution in [3.8, 4) is 11.5 Å². The van der Waals surface area contributed by atoms with Crippen LogP contribution in [0.1, 0.15) is 17.5 Å². The largest absolute Gasteiger partial charge is 0.493 e. The number of morpholine rings is 1. The number of nitrogens with zero attached hydrogens (tertiary/aromatic N) is 1. The van der Waals surface area contributed by atoms with Crippen LogP contribution in [0.25, 0.3) is 0 Å². The molecule has 0 bridgehead atoms. The molecule has 1 N–H and O–H groups in total. The van der Waals surface area contributed by atoms with Gasteiger partial charge in [0.2, 0.25) is 5.91 Å². The lowest BCUT2D eigenvalue weighted by molar-refractivity contribution is -0.135. The van der Waals surface area contributed by atoms with Crippen LogP contribution in [0.5, 0.6) is 11.5 Å². The molecule has 1 fully saturated rings. The number of benzene rings is 1. The van der Waals surface area contributed by atoms with E-state index in [0.717, 1.165) is 37.4 Å². The van der Waals surface area contributed by atoms with Crippen molar-refractivity contribution in [2.75, 3.05) is 40.5 Å². The summed E-state index contributed by atoms with van der Waals surface area (Å²) < 4.78 is 16.3. The molecule has 1 unspecified atom stereocenters. The molecule has 0 aliphatic carbocycles. The fraction of sp³-hybridized carbons (Fsp3) is 0.588. The van der Waals surface area contributed by atoms with E-state index in [1.54, 1.807) is 14.2 Å².